The summed E-state index contributed by atoms with van der Waals surface area (Å²) in [5, 5.41) is 3.34. The van der Waals surface area contributed by atoms with Crippen molar-refractivity contribution in [3.8, 4) is 11.4 Å². The van der Waals surface area contributed by atoms with Crippen molar-refractivity contribution in [2.75, 3.05) is 12.9 Å². The molecular weight excluding hydrogens is 412 g/mol. The van der Waals surface area contributed by atoms with Gasteiger partial charge in [0.2, 0.25) is 0 Å². The molecule has 1 unspecified atom stereocenters. The minimum atomic E-state index is -3.33. The number of rotatable bonds is 4. The first-order valence-electron chi connectivity index (χ1n) is 9.04. The van der Waals surface area contributed by atoms with Crippen LogP contribution in [0, 0.1) is 0 Å². The zero-order valence-electron chi connectivity index (χ0n) is 15.6. The summed E-state index contributed by atoms with van der Waals surface area (Å²) >= 11 is 6.42. The number of fused-ring (bicyclic) bond motifs is 1. The molecule has 0 aliphatic carbocycles. The lowest BCUT2D eigenvalue weighted by molar-refractivity contribution is 0.0931. The third-order valence-electron chi connectivity index (χ3n) is 5.01. The smallest absolute Gasteiger partial charge is 0.255 e. The van der Waals surface area contributed by atoms with Crippen molar-refractivity contribution in [2.45, 2.75) is 17.4 Å². The van der Waals surface area contributed by atoms with E-state index in [-0.39, 0.29) is 16.6 Å². The first-order chi connectivity index (χ1) is 13.9. The molecule has 0 radical (unpaired) electrons. The molecule has 0 saturated carbocycles. The summed E-state index contributed by atoms with van der Waals surface area (Å²) in [7, 11) is -1.84. The zero-order valence-corrected chi connectivity index (χ0v) is 17.2. The van der Waals surface area contributed by atoms with Gasteiger partial charge in [-0.15, -0.1) is 0 Å². The topological polar surface area (TPSA) is 77.4 Å². The molecule has 1 aromatic heterocycles. The van der Waals surface area contributed by atoms with Crippen LogP contribution in [0.25, 0.3) is 5.69 Å². The van der Waals surface area contributed by atoms with Gasteiger partial charge in [-0.05, 0) is 36.2 Å². The number of aromatic nitrogens is 1. The Hall–Kier alpha value is -2.77. The van der Waals surface area contributed by atoms with Crippen LogP contribution in [0.15, 0.2) is 65.8 Å². The van der Waals surface area contributed by atoms with Crippen LogP contribution in [-0.2, 0) is 9.84 Å². The first kappa shape index (κ1) is 19.5. The molecule has 1 aliphatic rings. The second-order valence-electron chi connectivity index (χ2n) is 6.77. The molecule has 2 heterocycles. The van der Waals surface area contributed by atoms with E-state index in [0.717, 1.165) is 0 Å². The van der Waals surface area contributed by atoms with E-state index in [2.05, 4.69) is 5.32 Å². The number of carbonyl (C=O) groups excluding carboxylic acids is 1. The van der Waals surface area contributed by atoms with Gasteiger partial charge in [0.1, 0.15) is 5.75 Å². The first-order valence-corrected chi connectivity index (χ1v) is 11.1. The molecule has 0 spiro atoms. The highest BCUT2D eigenvalue weighted by Crippen LogP contribution is 2.34. The molecule has 1 atom stereocenters. The monoisotopic (exact) mass is 430 g/mol. The molecular formula is C21H19ClN2O4S. The summed E-state index contributed by atoms with van der Waals surface area (Å²) in [6.07, 6.45) is 4.00. The van der Waals surface area contributed by atoms with E-state index in [4.69, 9.17) is 16.3 Å². The third kappa shape index (κ3) is 3.63. The van der Waals surface area contributed by atoms with Gasteiger partial charge in [0.25, 0.3) is 5.91 Å². The van der Waals surface area contributed by atoms with Crippen LogP contribution in [0.5, 0.6) is 5.75 Å². The average molecular weight is 431 g/mol. The lowest BCUT2D eigenvalue weighted by Gasteiger charge is -2.26. The molecule has 0 saturated heterocycles. The predicted octanol–water partition coefficient (Wildman–Crippen LogP) is 3.79. The van der Waals surface area contributed by atoms with E-state index in [1.54, 1.807) is 36.4 Å². The lowest BCUT2D eigenvalue weighted by atomic mass is 10.0. The summed E-state index contributed by atoms with van der Waals surface area (Å²) in [6, 6.07) is 13.4. The SMILES string of the molecule is COc1cc(-n2cccc2)c(Cl)cc1C(=O)NC1CCS(=O)(=O)c2ccccc21. The summed E-state index contributed by atoms with van der Waals surface area (Å²) < 4.78 is 31.9. The highest BCUT2D eigenvalue weighted by Gasteiger charge is 2.31. The highest BCUT2D eigenvalue weighted by atomic mass is 35.5. The Balaban J connectivity index is 1.67. The number of halogens is 1. The van der Waals surface area contributed by atoms with Gasteiger partial charge in [-0.25, -0.2) is 8.42 Å². The van der Waals surface area contributed by atoms with E-state index in [1.165, 1.54) is 7.11 Å². The second-order valence-corrected chi connectivity index (χ2v) is 9.25. The Morgan fingerprint density at radius 3 is 2.62 bits per heavy atom. The number of carbonyl (C=O) groups is 1. The summed E-state index contributed by atoms with van der Waals surface area (Å²) in [6.45, 7) is 0. The van der Waals surface area contributed by atoms with E-state index in [0.29, 0.717) is 34.0 Å². The second kappa shape index (κ2) is 7.57. The Morgan fingerprint density at radius 1 is 1.17 bits per heavy atom. The van der Waals surface area contributed by atoms with E-state index in [1.807, 2.05) is 29.1 Å². The van der Waals surface area contributed by atoms with Crippen LogP contribution in [0.1, 0.15) is 28.4 Å². The predicted molar refractivity (Wildman–Crippen MR) is 111 cm³/mol. The molecule has 1 aliphatic heterocycles. The molecule has 150 valence electrons. The number of hydrogen-bond acceptors (Lipinski definition) is 4. The molecule has 1 N–H and O–H groups in total. The Kier molecular flexibility index (Phi) is 5.10. The molecule has 8 heteroatoms. The number of hydrogen-bond donors (Lipinski definition) is 1. The van der Waals surface area contributed by atoms with Gasteiger partial charge in [0.15, 0.2) is 9.84 Å². The van der Waals surface area contributed by atoms with E-state index < -0.39 is 15.9 Å². The fraction of sp³-hybridized carbons (Fsp3) is 0.190. The van der Waals surface area contributed by atoms with Gasteiger partial charge in [-0.1, -0.05) is 29.8 Å². The van der Waals surface area contributed by atoms with Crippen LogP contribution >= 0.6 is 11.6 Å². The van der Waals surface area contributed by atoms with Crippen molar-refractivity contribution in [1.82, 2.24) is 9.88 Å². The normalized spacial score (nSPS) is 17.4. The Morgan fingerprint density at radius 2 is 1.90 bits per heavy atom. The number of sulfone groups is 1. The number of methoxy groups -OCH3 is 1. The minimum absolute atomic E-state index is 0.0145. The Labute approximate surface area is 174 Å². The molecule has 6 nitrogen and oxygen atoms in total. The van der Waals surface area contributed by atoms with Crippen LogP contribution in [0.2, 0.25) is 5.02 Å². The van der Waals surface area contributed by atoms with Gasteiger partial charge in [0, 0.05) is 18.5 Å². The molecule has 0 bridgehead atoms. The van der Waals surface area contributed by atoms with E-state index >= 15 is 0 Å². The summed E-state index contributed by atoms with van der Waals surface area (Å²) in [5.41, 5.74) is 1.58. The highest BCUT2D eigenvalue weighted by molar-refractivity contribution is 7.91. The largest absolute Gasteiger partial charge is 0.496 e. The fourth-order valence-corrected chi connectivity index (χ4v) is 5.44. The molecule has 29 heavy (non-hydrogen) atoms. The van der Waals surface area contributed by atoms with Crippen LogP contribution in [0.3, 0.4) is 0 Å². The van der Waals surface area contributed by atoms with Gasteiger partial charge in [-0.2, -0.15) is 0 Å². The number of nitrogens with one attached hydrogen (secondary N) is 1. The molecule has 1 amide bonds. The maximum absolute atomic E-state index is 13.0. The van der Waals surface area contributed by atoms with Gasteiger partial charge >= 0.3 is 0 Å². The summed E-state index contributed by atoms with van der Waals surface area (Å²) in [5.74, 6) is -0.00593. The maximum atomic E-state index is 13.0. The van der Waals surface area contributed by atoms with Crippen LogP contribution in [0.4, 0.5) is 0 Å². The van der Waals surface area contributed by atoms with Gasteiger partial charge < -0.3 is 14.6 Å². The number of amides is 1. The van der Waals surface area contributed by atoms with Crippen molar-refractivity contribution >= 4 is 27.3 Å². The van der Waals surface area contributed by atoms with Crippen molar-refractivity contribution in [3.63, 3.8) is 0 Å². The lowest BCUT2D eigenvalue weighted by Crippen LogP contribution is -2.34. The van der Waals surface area contributed by atoms with Crippen LogP contribution < -0.4 is 10.1 Å². The zero-order chi connectivity index (χ0) is 20.6. The average Bonchev–Trinajstić information content (AvgIpc) is 3.24. The number of benzene rings is 2. The van der Waals surface area contributed by atoms with Crippen molar-refractivity contribution in [3.05, 3.63) is 77.1 Å². The van der Waals surface area contributed by atoms with Gasteiger partial charge in [-0.3, -0.25) is 4.79 Å². The van der Waals surface area contributed by atoms with Crippen molar-refractivity contribution in [2.24, 2.45) is 0 Å². The number of nitrogens with zero attached hydrogens (tertiary/aromatic N) is 1. The van der Waals surface area contributed by atoms with Crippen molar-refractivity contribution < 1.29 is 17.9 Å². The van der Waals surface area contributed by atoms with E-state index in [9.17, 15) is 13.2 Å². The quantitative estimate of drug-likeness (QED) is 0.683. The minimum Gasteiger partial charge on any atom is -0.496 e. The standard InChI is InChI=1S/C21H19ClN2O4S/c1-28-19-13-18(24-9-4-5-10-24)16(22)12-15(19)21(25)23-17-8-11-29(26,27)20-7-3-2-6-14(17)20/h2-7,9-10,12-13,17H,8,11H2,1H3,(H,23,25). The molecule has 4 rings (SSSR count). The third-order valence-corrected chi connectivity index (χ3v) is 7.12. The summed E-state index contributed by atoms with van der Waals surface area (Å²) in [4.78, 5) is 13.3. The van der Waals surface area contributed by atoms with Crippen molar-refractivity contribution in [1.29, 1.82) is 0 Å². The van der Waals surface area contributed by atoms with Gasteiger partial charge in [0.05, 0.1) is 40.1 Å². The number of ether oxygens (including phenoxy) is 1. The maximum Gasteiger partial charge on any atom is 0.255 e. The fourth-order valence-electron chi connectivity index (χ4n) is 3.56. The molecule has 0 fully saturated rings. The van der Waals surface area contributed by atoms with Crippen LogP contribution in [-0.4, -0.2) is 31.8 Å². The molecule has 2 aromatic carbocycles. The Bertz CT molecular complexity index is 1170. The molecule has 3 aromatic rings.